The molecular formula is C13H9N5. The summed E-state index contributed by atoms with van der Waals surface area (Å²) < 4.78 is 0. The van der Waals surface area contributed by atoms with Crippen LogP contribution in [-0.2, 0) is 0 Å². The molecule has 86 valence electrons. The standard InChI is InChI=1S/C13H9N5/c14-8-12-13(17-6-5-16-12)18-10-1-2-11-9(7-10)3-4-15-11/h1-7,15H,(H,17,18). The summed E-state index contributed by atoms with van der Waals surface area (Å²) in [6, 6.07) is 9.88. The van der Waals surface area contributed by atoms with Gasteiger partial charge < -0.3 is 10.3 Å². The topological polar surface area (TPSA) is 77.4 Å². The third kappa shape index (κ3) is 1.76. The van der Waals surface area contributed by atoms with Crippen LogP contribution in [0.4, 0.5) is 11.5 Å². The van der Waals surface area contributed by atoms with Gasteiger partial charge in [0.2, 0.25) is 0 Å². The fourth-order valence-electron chi connectivity index (χ4n) is 1.78. The average molecular weight is 235 g/mol. The molecule has 0 aliphatic carbocycles. The van der Waals surface area contributed by atoms with E-state index in [-0.39, 0.29) is 5.69 Å². The van der Waals surface area contributed by atoms with Crippen LogP contribution < -0.4 is 5.32 Å². The number of nitrogens with one attached hydrogen (secondary N) is 2. The summed E-state index contributed by atoms with van der Waals surface area (Å²) in [7, 11) is 0. The lowest BCUT2D eigenvalue weighted by Crippen LogP contribution is -1.98. The lowest BCUT2D eigenvalue weighted by atomic mass is 10.2. The summed E-state index contributed by atoms with van der Waals surface area (Å²) in [4.78, 5) is 11.2. The maximum Gasteiger partial charge on any atom is 0.183 e. The first-order valence-electron chi connectivity index (χ1n) is 5.42. The van der Waals surface area contributed by atoms with Crippen LogP contribution in [0.25, 0.3) is 10.9 Å². The lowest BCUT2D eigenvalue weighted by molar-refractivity contribution is 1.16. The number of rotatable bonds is 2. The second-order valence-corrected chi connectivity index (χ2v) is 3.77. The van der Waals surface area contributed by atoms with Crippen molar-refractivity contribution in [3.8, 4) is 6.07 Å². The Labute approximate surface area is 103 Å². The van der Waals surface area contributed by atoms with Gasteiger partial charge in [0.15, 0.2) is 11.5 Å². The van der Waals surface area contributed by atoms with E-state index in [1.54, 1.807) is 6.20 Å². The SMILES string of the molecule is N#Cc1nccnc1Nc1ccc2[nH]ccc2c1. The van der Waals surface area contributed by atoms with Crippen LogP contribution in [-0.4, -0.2) is 15.0 Å². The first-order valence-corrected chi connectivity index (χ1v) is 5.42. The molecule has 0 spiro atoms. The van der Waals surface area contributed by atoms with Gasteiger partial charge in [0.1, 0.15) is 6.07 Å². The normalized spacial score (nSPS) is 10.2. The lowest BCUT2D eigenvalue weighted by Gasteiger charge is -2.06. The van der Waals surface area contributed by atoms with E-state index in [0.29, 0.717) is 5.82 Å². The van der Waals surface area contributed by atoms with Gasteiger partial charge in [-0.15, -0.1) is 0 Å². The zero-order valence-electron chi connectivity index (χ0n) is 9.38. The Morgan fingerprint density at radius 3 is 2.94 bits per heavy atom. The predicted molar refractivity (Wildman–Crippen MR) is 68.3 cm³/mol. The third-order valence-corrected chi connectivity index (χ3v) is 2.62. The highest BCUT2D eigenvalue weighted by Crippen LogP contribution is 2.21. The first-order chi connectivity index (χ1) is 8.86. The molecule has 1 aromatic carbocycles. The van der Waals surface area contributed by atoms with Crippen LogP contribution in [0.2, 0.25) is 0 Å². The van der Waals surface area contributed by atoms with Gasteiger partial charge in [0.05, 0.1) is 0 Å². The Hall–Kier alpha value is -2.87. The highest BCUT2D eigenvalue weighted by molar-refractivity contribution is 5.84. The first kappa shape index (κ1) is 10.3. The van der Waals surface area contributed by atoms with Gasteiger partial charge in [-0.25, -0.2) is 9.97 Å². The number of H-pyrrole nitrogens is 1. The number of fused-ring (bicyclic) bond motifs is 1. The summed E-state index contributed by atoms with van der Waals surface area (Å²) in [5.41, 5.74) is 2.23. The quantitative estimate of drug-likeness (QED) is 0.715. The van der Waals surface area contributed by atoms with Gasteiger partial charge in [-0.05, 0) is 24.3 Å². The van der Waals surface area contributed by atoms with Crippen LogP contribution in [0.1, 0.15) is 5.69 Å². The smallest absolute Gasteiger partial charge is 0.183 e. The van der Waals surface area contributed by atoms with Gasteiger partial charge in [-0.3, -0.25) is 0 Å². The second kappa shape index (κ2) is 4.18. The molecule has 5 nitrogen and oxygen atoms in total. The minimum absolute atomic E-state index is 0.284. The molecule has 0 aliphatic heterocycles. The minimum atomic E-state index is 0.284. The number of hydrogen-bond donors (Lipinski definition) is 2. The van der Waals surface area contributed by atoms with Crippen molar-refractivity contribution in [1.29, 1.82) is 5.26 Å². The van der Waals surface area contributed by atoms with Gasteiger partial charge in [-0.2, -0.15) is 5.26 Å². The van der Waals surface area contributed by atoms with Crippen molar-refractivity contribution in [3.63, 3.8) is 0 Å². The fraction of sp³-hybridized carbons (Fsp3) is 0. The maximum absolute atomic E-state index is 8.94. The molecule has 3 rings (SSSR count). The van der Waals surface area contributed by atoms with Crippen molar-refractivity contribution in [3.05, 3.63) is 48.5 Å². The number of aromatic amines is 1. The Kier molecular flexibility index (Phi) is 2.39. The van der Waals surface area contributed by atoms with E-state index in [2.05, 4.69) is 20.3 Å². The van der Waals surface area contributed by atoms with E-state index >= 15 is 0 Å². The molecule has 0 atom stereocenters. The molecule has 5 heteroatoms. The van der Waals surface area contributed by atoms with Crippen molar-refractivity contribution < 1.29 is 0 Å². The number of nitriles is 1. The van der Waals surface area contributed by atoms with Gasteiger partial charge in [0.25, 0.3) is 0 Å². The second-order valence-electron chi connectivity index (χ2n) is 3.77. The molecule has 0 unspecified atom stereocenters. The monoisotopic (exact) mass is 235 g/mol. The minimum Gasteiger partial charge on any atom is -0.361 e. The van der Waals surface area contributed by atoms with E-state index in [9.17, 15) is 0 Å². The highest BCUT2D eigenvalue weighted by Gasteiger charge is 2.04. The molecule has 0 saturated carbocycles. The van der Waals surface area contributed by atoms with Crippen LogP contribution in [0, 0.1) is 11.3 Å². The Bertz CT molecular complexity index is 738. The van der Waals surface area contributed by atoms with Crippen molar-refractivity contribution in [2.75, 3.05) is 5.32 Å². The zero-order valence-corrected chi connectivity index (χ0v) is 9.38. The zero-order chi connectivity index (χ0) is 12.4. The van der Waals surface area contributed by atoms with Crippen molar-refractivity contribution in [2.24, 2.45) is 0 Å². The molecule has 18 heavy (non-hydrogen) atoms. The molecule has 0 saturated heterocycles. The van der Waals surface area contributed by atoms with E-state index in [4.69, 9.17) is 5.26 Å². The molecule has 0 aliphatic rings. The number of anilines is 2. The highest BCUT2D eigenvalue weighted by atomic mass is 15.0. The van der Waals surface area contributed by atoms with Crippen LogP contribution in [0.5, 0.6) is 0 Å². The molecule has 2 heterocycles. The van der Waals surface area contributed by atoms with Crippen LogP contribution in [0.15, 0.2) is 42.9 Å². The van der Waals surface area contributed by atoms with E-state index < -0.39 is 0 Å². The summed E-state index contributed by atoms with van der Waals surface area (Å²) in [6.45, 7) is 0. The molecule has 0 amide bonds. The summed E-state index contributed by atoms with van der Waals surface area (Å²) in [6.07, 6.45) is 4.94. The number of nitrogens with zero attached hydrogens (tertiary/aromatic N) is 3. The molecule has 2 N–H and O–H groups in total. The molecule has 2 aromatic heterocycles. The van der Waals surface area contributed by atoms with Gasteiger partial charge in [-0.1, -0.05) is 0 Å². The van der Waals surface area contributed by atoms with E-state index in [0.717, 1.165) is 16.6 Å². The largest absolute Gasteiger partial charge is 0.361 e. The average Bonchev–Trinajstić information content (AvgIpc) is 2.87. The van der Waals surface area contributed by atoms with Crippen molar-refractivity contribution in [2.45, 2.75) is 0 Å². The summed E-state index contributed by atoms with van der Waals surface area (Å²) >= 11 is 0. The number of hydrogen-bond acceptors (Lipinski definition) is 4. The molecule has 3 aromatic rings. The Morgan fingerprint density at radius 1 is 1.17 bits per heavy atom. The summed E-state index contributed by atoms with van der Waals surface area (Å²) in [5, 5.41) is 13.1. The molecule has 0 radical (unpaired) electrons. The van der Waals surface area contributed by atoms with Crippen LogP contribution in [0.3, 0.4) is 0 Å². The Balaban J connectivity index is 1.98. The molecule has 0 bridgehead atoms. The predicted octanol–water partition coefficient (Wildman–Crippen LogP) is 2.57. The van der Waals surface area contributed by atoms with Crippen LogP contribution >= 0.6 is 0 Å². The third-order valence-electron chi connectivity index (χ3n) is 2.62. The van der Waals surface area contributed by atoms with Crippen molar-refractivity contribution >= 4 is 22.4 Å². The molecule has 0 fully saturated rings. The van der Waals surface area contributed by atoms with Gasteiger partial charge >= 0.3 is 0 Å². The van der Waals surface area contributed by atoms with Crippen molar-refractivity contribution in [1.82, 2.24) is 15.0 Å². The van der Waals surface area contributed by atoms with Gasteiger partial charge in [0, 0.05) is 35.2 Å². The summed E-state index contributed by atoms with van der Waals surface area (Å²) in [5.74, 6) is 0.467. The van der Waals surface area contributed by atoms with E-state index in [1.807, 2.05) is 36.5 Å². The Morgan fingerprint density at radius 2 is 2.06 bits per heavy atom. The number of aromatic nitrogens is 3. The maximum atomic E-state index is 8.94. The van der Waals surface area contributed by atoms with E-state index in [1.165, 1.54) is 6.20 Å². The number of benzene rings is 1. The fourth-order valence-corrected chi connectivity index (χ4v) is 1.78. The molecular weight excluding hydrogens is 226 g/mol.